The van der Waals surface area contributed by atoms with Crippen molar-refractivity contribution >= 4 is 21.6 Å². The van der Waals surface area contributed by atoms with Crippen molar-refractivity contribution in [3.63, 3.8) is 0 Å². The first-order valence-corrected chi connectivity index (χ1v) is 12.2. The van der Waals surface area contributed by atoms with Gasteiger partial charge in [0, 0.05) is 18.7 Å². The van der Waals surface area contributed by atoms with Crippen LogP contribution in [0.4, 0.5) is 5.69 Å². The number of hydrogen-bond acceptors (Lipinski definition) is 4. The zero-order valence-electron chi connectivity index (χ0n) is 17.5. The van der Waals surface area contributed by atoms with Gasteiger partial charge in [0.2, 0.25) is 10.0 Å². The van der Waals surface area contributed by atoms with E-state index in [-0.39, 0.29) is 11.7 Å². The highest BCUT2D eigenvalue weighted by molar-refractivity contribution is 7.92. The molecule has 0 spiro atoms. The number of sulfonamides is 1. The Kier molecular flexibility index (Phi) is 7.74. The lowest BCUT2D eigenvalue weighted by Gasteiger charge is -2.28. The van der Waals surface area contributed by atoms with Gasteiger partial charge in [0.25, 0.3) is 5.91 Å². The summed E-state index contributed by atoms with van der Waals surface area (Å²) in [6, 6.07) is 14.8. The highest BCUT2D eigenvalue weighted by Crippen LogP contribution is 2.24. The second kappa shape index (κ2) is 10.5. The summed E-state index contributed by atoms with van der Waals surface area (Å²) < 4.78 is 31.6. The number of nitrogens with zero attached hydrogens (tertiary/aromatic N) is 1. The minimum atomic E-state index is -3.24. The number of carbonyl (C=O) groups is 1. The molecular formula is C23H30N2O4S. The van der Waals surface area contributed by atoms with E-state index in [1.165, 1.54) is 4.31 Å². The van der Waals surface area contributed by atoms with Crippen molar-refractivity contribution < 1.29 is 17.9 Å². The summed E-state index contributed by atoms with van der Waals surface area (Å²) in [6.45, 7) is 3.83. The summed E-state index contributed by atoms with van der Waals surface area (Å²) in [4.78, 5) is 12.4. The monoisotopic (exact) mass is 430 g/mol. The van der Waals surface area contributed by atoms with Gasteiger partial charge in [-0.15, -0.1) is 0 Å². The molecule has 1 amide bonds. The summed E-state index contributed by atoms with van der Waals surface area (Å²) >= 11 is 0. The van der Waals surface area contributed by atoms with Crippen LogP contribution in [-0.2, 0) is 16.4 Å². The second-order valence-electron chi connectivity index (χ2n) is 7.46. The van der Waals surface area contributed by atoms with Crippen LogP contribution in [0.25, 0.3) is 0 Å². The third-order valence-corrected chi connectivity index (χ3v) is 6.98. The molecule has 2 aromatic carbocycles. The summed E-state index contributed by atoms with van der Waals surface area (Å²) in [5, 5.41) is 2.94. The van der Waals surface area contributed by atoms with Crippen LogP contribution in [0.3, 0.4) is 0 Å². The Bertz CT molecular complexity index is 942. The van der Waals surface area contributed by atoms with Gasteiger partial charge in [-0.05, 0) is 68.0 Å². The van der Waals surface area contributed by atoms with Gasteiger partial charge in [-0.2, -0.15) is 0 Å². The zero-order valence-corrected chi connectivity index (χ0v) is 18.3. The van der Waals surface area contributed by atoms with Crippen LogP contribution in [0.5, 0.6) is 5.75 Å². The molecular weight excluding hydrogens is 400 g/mol. The van der Waals surface area contributed by atoms with Gasteiger partial charge >= 0.3 is 0 Å². The van der Waals surface area contributed by atoms with E-state index in [4.69, 9.17) is 4.74 Å². The predicted molar refractivity (Wildman–Crippen MR) is 120 cm³/mol. The fourth-order valence-corrected chi connectivity index (χ4v) is 5.14. The highest BCUT2D eigenvalue weighted by Gasteiger charge is 2.25. The largest absolute Gasteiger partial charge is 0.493 e. The van der Waals surface area contributed by atoms with E-state index in [1.807, 2.05) is 18.2 Å². The predicted octanol–water partition coefficient (Wildman–Crippen LogP) is 3.77. The fourth-order valence-electron chi connectivity index (χ4n) is 3.50. The lowest BCUT2D eigenvalue weighted by atomic mass is 10.1. The molecule has 0 bridgehead atoms. The molecule has 0 aromatic heterocycles. The molecule has 1 fully saturated rings. The molecule has 162 valence electrons. The van der Waals surface area contributed by atoms with Gasteiger partial charge in [0.15, 0.2) is 0 Å². The summed E-state index contributed by atoms with van der Waals surface area (Å²) in [5.74, 6) is 0.939. The maximum atomic E-state index is 12.4. The molecule has 2 aromatic rings. The van der Waals surface area contributed by atoms with E-state index < -0.39 is 10.0 Å². The molecule has 6 nitrogen and oxygen atoms in total. The molecule has 0 aliphatic carbocycles. The lowest BCUT2D eigenvalue weighted by molar-refractivity contribution is 0.0953. The van der Waals surface area contributed by atoms with Gasteiger partial charge in [0.1, 0.15) is 5.75 Å². The summed E-state index contributed by atoms with van der Waals surface area (Å²) in [5.41, 5.74) is 2.29. The van der Waals surface area contributed by atoms with Crippen molar-refractivity contribution in [1.29, 1.82) is 0 Å². The highest BCUT2D eigenvalue weighted by atomic mass is 32.2. The van der Waals surface area contributed by atoms with E-state index in [2.05, 4.69) is 18.3 Å². The summed E-state index contributed by atoms with van der Waals surface area (Å²) in [7, 11) is -3.24. The van der Waals surface area contributed by atoms with E-state index >= 15 is 0 Å². The molecule has 30 heavy (non-hydrogen) atoms. The normalized spacial score (nSPS) is 15.6. The average molecular weight is 431 g/mol. The van der Waals surface area contributed by atoms with Crippen LogP contribution in [0.15, 0.2) is 48.5 Å². The maximum absolute atomic E-state index is 12.4. The molecule has 7 heteroatoms. The Labute approximate surface area is 179 Å². The first kappa shape index (κ1) is 22.2. The molecule has 0 atom stereocenters. The number of anilines is 1. The minimum absolute atomic E-state index is 0.154. The third-order valence-electron chi connectivity index (χ3n) is 5.11. The number of aryl methyl sites for hydroxylation is 1. The third kappa shape index (κ3) is 5.75. The molecule has 1 aliphatic rings. The second-order valence-corrected chi connectivity index (χ2v) is 9.47. The Hall–Kier alpha value is -2.54. The molecule has 0 saturated carbocycles. The molecule has 1 heterocycles. The van der Waals surface area contributed by atoms with Crippen molar-refractivity contribution in [2.75, 3.05) is 29.8 Å². The molecule has 3 rings (SSSR count). The van der Waals surface area contributed by atoms with Crippen LogP contribution in [0, 0.1) is 0 Å². The van der Waals surface area contributed by atoms with Gasteiger partial charge in [0.05, 0.1) is 18.0 Å². The van der Waals surface area contributed by atoms with Gasteiger partial charge in [-0.25, -0.2) is 8.42 Å². The van der Waals surface area contributed by atoms with Gasteiger partial charge < -0.3 is 10.1 Å². The number of hydrogen-bond donors (Lipinski definition) is 1. The topological polar surface area (TPSA) is 75.7 Å². The Morgan fingerprint density at radius 2 is 1.87 bits per heavy atom. The van der Waals surface area contributed by atoms with Gasteiger partial charge in [-0.1, -0.05) is 25.1 Å². The van der Waals surface area contributed by atoms with Crippen molar-refractivity contribution in [1.82, 2.24) is 5.32 Å². The molecule has 1 aliphatic heterocycles. The standard InChI is InChI=1S/C23H30N2O4S/c1-2-17-29-22-10-4-3-8-19(22)9-7-15-24-23(26)20-11-13-21(14-12-20)25-16-5-6-18-30(25,27)28/h3-4,8,10-14H,2,5-7,9,15-18H2,1H3,(H,24,26). The average Bonchev–Trinajstić information content (AvgIpc) is 2.75. The summed E-state index contributed by atoms with van der Waals surface area (Å²) in [6.07, 6.45) is 4.16. The van der Waals surface area contributed by atoms with Crippen LogP contribution in [-0.4, -0.2) is 39.8 Å². The number of benzene rings is 2. The number of carbonyl (C=O) groups excluding carboxylic acids is 1. The fraction of sp³-hybridized carbons (Fsp3) is 0.435. The quantitative estimate of drug-likeness (QED) is 0.615. The first-order chi connectivity index (χ1) is 14.5. The van der Waals surface area contributed by atoms with Crippen molar-refractivity contribution in [2.45, 2.75) is 39.0 Å². The Balaban J connectivity index is 1.50. The number of rotatable bonds is 9. The minimum Gasteiger partial charge on any atom is -0.493 e. The molecule has 0 radical (unpaired) electrons. The van der Waals surface area contributed by atoms with E-state index in [9.17, 15) is 13.2 Å². The SMILES string of the molecule is CCCOc1ccccc1CCCNC(=O)c1ccc(N2CCCCS2(=O)=O)cc1. The van der Waals surface area contributed by atoms with Crippen LogP contribution in [0.2, 0.25) is 0 Å². The van der Waals surface area contributed by atoms with E-state index in [0.29, 0.717) is 37.4 Å². The smallest absolute Gasteiger partial charge is 0.251 e. The van der Waals surface area contributed by atoms with Crippen LogP contribution >= 0.6 is 0 Å². The van der Waals surface area contributed by atoms with Crippen LogP contribution < -0.4 is 14.4 Å². The Morgan fingerprint density at radius 1 is 1.10 bits per heavy atom. The van der Waals surface area contributed by atoms with Crippen molar-refractivity contribution in [2.24, 2.45) is 0 Å². The van der Waals surface area contributed by atoms with E-state index in [0.717, 1.165) is 37.0 Å². The lowest BCUT2D eigenvalue weighted by Crippen LogP contribution is -2.37. The molecule has 1 saturated heterocycles. The number of para-hydroxylation sites is 1. The number of amides is 1. The molecule has 0 unspecified atom stereocenters. The Morgan fingerprint density at radius 3 is 2.60 bits per heavy atom. The van der Waals surface area contributed by atoms with Crippen molar-refractivity contribution in [3.8, 4) is 5.75 Å². The van der Waals surface area contributed by atoms with E-state index in [1.54, 1.807) is 24.3 Å². The maximum Gasteiger partial charge on any atom is 0.251 e. The number of nitrogens with one attached hydrogen (secondary N) is 1. The number of ether oxygens (including phenoxy) is 1. The zero-order chi connectivity index (χ0) is 21.4. The first-order valence-electron chi connectivity index (χ1n) is 10.6. The van der Waals surface area contributed by atoms with Gasteiger partial charge in [-0.3, -0.25) is 9.10 Å². The van der Waals surface area contributed by atoms with Crippen molar-refractivity contribution in [3.05, 3.63) is 59.7 Å². The van der Waals surface area contributed by atoms with Crippen LogP contribution in [0.1, 0.15) is 48.5 Å². The molecule has 1 N–H and O–H groups in total.